The molecule has 0 aromatic carbocycles. The number of phosphoric ester groups is 1. The minimum atomic E-state index is -5.13. The van der Waals surface area contributed by atoms with Gasteiger partial charge in [-0.2, -0.15) is 0 Å². The van der Waals surface area contributed by atoms with Crippen LogP contribution in [0.3, 0.4) is 0 Å². The van der Waals surface area contributed by atoms with E-state index in [9.17, 15) is 50.0 Å². The topological polar surface area (TPSA) is 226 Å². The summed E-state index contributed by atoms with van der Waals surface area (Å²) in [5.41, 5.74) is 0. The largest absolute Gasteiger partial charge is 0.472 e. The highest BCUT2D eigenvalue weighted by Gasteiger charge is 2.51. The Morgan fingerprint density at radius 3 is 1.91 bits per heavy atom. The van der Waals surface area contributed by atoms with Gasteiger partial charge in [0.25, 0.3) is 0 Å². The van der Waals surface area contributed by atoms with Gasteiger partial charge in [-0.15, -0.1) is 0 Å². The van der Waals surface area contributed by atoms with Crippen LogP contribution in [0.2, 0.25) is 0 Å². The molecule has 0 radical (unpaired) electrons. The van der Waals surface area contributed by atoms with Gasteiger partial charge >= 0.3 is 7.82 Å². The fourth-order valence-corrected chi connectivity index (χ4v) is 5.81. The number of hydrogen-bond acceptors (Lipinski definition) is 11. The van der Waals surface area contributed by atoms with Crippen molar-refractivity contribution in [1.29, 1.82) is 0 Å². The quantitative estimate of drug-likeness (QED) is 0.0407. The lowest BCUT2D eigenvalue weighted by molar-refractivity contribution is -0.220. The predicted molar refractivity (Wildman–Crippen MR) is 173 cm³/mol. The third kappa shape index (κ3) is 17.1. The van der Waals surface area contributed by atoms with E-state index in [2.05, 4.69) is 25.2 Å². The molecule has 1 amide bonds. The van der Waals surface area contributed by atoms with Crippen molar-refractivity contribution in [3.8, 4) is 0 Å². The molecule has 1 fully saturated rings. The smallest absolute Gasteiger partial charge is 0.392 e. The zero-order chi connectivity index (χ0) is 34.5. The van der Waals surface area contributed by atoms with Crippen molar-refractivity contribution < 1.29 is 59.0 Å². The third-order valence-corrected chi connectivity index (χ3v) is 8.68. The van der Waals surface area contributed by atoms with Crippen LogP contribution < -0.4 is 5.32 Å². The van der Waals surface area contributed by atoms with Gasteiger partial charge in [-0.1, -0.05) is 82.4 Å². The van der Waals surface area contributed by atoms with Crippen LogP contribution in [-0.4, -0.2) is 108 Å². The van der Waals surface area contributed by atoms with E-state index in [4.69, 9.17) is 9.05 Å². The van der Waals surface area contributed by atoms with Crippen molar-refractivity contribution >= 4 is 13.7 Å². The molecule has 8 atom stereocenters. The molecule has 0 saturated heterocycles. The molecule has 46 heavy (non-hydrogen) atoms. The maximum atomic E-state index is 12.7. The van der Waals surface area contributed by atoms with E-state index in [1.807, 2.05) is 12.2 Å². The number of allylic oxidation sites excluding steroid dienone is 4. The molecule has 9 N–H and O–H groups in total. The Morgan fingerprint density at radius 2 is 1.28 bits per heavy atom. The van der Waals surface area contributed by atoms with Gasteiger partial charge in [0.05, 0.1) is 31.3 Å². The van der Waals surface area contributed by atoms with Gasteiger partial charge < -0.3 is 46.0 Å². The van der Waals surface area contributed by atoms with Crippen molar-refractivity contribution in [2.24, 2.45) is 0 Å². The summed E-state index contributed by atoms with van der Waals surface area (Å²) in [6.07, 6.45) is 7.63. The van der Waals surface area contributed by atoms with Gasteiger partial charge in [0.2, 0.25) is 5.91 Å². The Kier molecular flexibility index (Phi) is 22.0. The highest BCUT2D eigenvalue weighted by atomic mass is 31.2. The second-order valence-electron chi connectivity index (χ2n) is 11.8. The highest BCUT2D eigenvalue weighted by Crippen LogP contribution is 2.47. The van der Waals surface area contributed by atoms with E-state index in [1.54, 1.807) is 12.2 Å². The Labute approximate surface area is 273 Å². The molecule has 0 aliphatic heterocycles. The molecule has 0 heterocycles. The number of phosphoric acid groups is 1. The summed E-state index contributed by atoms with van der Waals surface area (Å²) in [6.45, 7) is 3.51. The second-order valence-corrected chi connectivity index (χ2v) is 13.2. The summed E-state index contributed by atoms with van der Waals surface area (Å²) >= 11 is 0. The highest BCUT2D eigenvalue weighted by molar-refractivity contribution is 7.47. The molecule has 1 aliphatic rings. The summed E-state index contributed by atoms with van der Waals surface area (Å²) in [4.78, 5) is 23.0. The van der Waals surface area contributed by atoms with Crippen LogP contribution >= 0.6 is 7.82 Å². The first kappa shape index (κ1) is 42.5. The first-order chi connectivity index (χ1) is 21.8. The van der Waals surface area contributed by atoms with Crippen LogP contribution in [0.15, 0.2) is 36.5 Å². The van der Waals surface area contributed by atoms with E-state index in [0.717, 1.165) is 57.8 Å². The molecule has 1 saturated carbocycles. The zero-order valence-corrected chi connectivity index (χ0v) is 28.1. The van der Waals surface area contributed by atoms with Gasteiger partial charge in [-0.3, -0.25) is 13.8 Å². The number of unbranched alkanes of at least 4 members (excludes halogenated alkanes) is 8. The average molecular weight is 680 g/mol. The molecular formula is C32H58NO12P. The van der Waals surface area contributed by atoms with E-state index in [1.165, 1.54) is 12.5 Å². The fraction of sp³-hybridized carbons (Fsp3) is 0.781. The molecule has 0 spiro atoms. The standard InChI is InChI=1S/C32H58NO12P/c1-3-5-7-9-11-12-14-16-18-20-25(35)24(33-26(36)21-23(34)19-17-15-13-10-8-6-4-2)22-44-46(42,43)45-32-30(40)28(38)27(37)29(39)31(32)41/h11-12,15,17-18,20,23-25,27-32,34-35,37-41H,3-10,13-14,16,19,21-22H2,1-2H3,(H,33,36)(H,42,43)/b12-11+,17-15-,20-18+. The molecule has 14 heteroatoms. The summed E-state index contributed by atoms with van der Waals surface area (Å²) in [5, 5.41) is 73.4. The number of carbonyl (C=O) groups is 1. The summed E-state index contributed by atoms with van der Waals surface area (Å²) in [6, 6.07) is -1.27. The van der Waals surface area contributed by atoms with Crippen molar-refractivity contribution in [3.05, 3.63) is 36.5 Å². The number of aliphatic hydroxyl groups is 7. The minimum Gasteiger partial charge on any atom is -0.392 e. The van der Waals surface area contributed by atoms with Crippen molar-refractivity contribution in [2.75, 3.05) is 6.61 Å². The molecule has 13 nitrogen and oxygen atoms in total. The lowest BCUT2D eigenvalue weighted by atomic mass is 9.85. The molecule has 0 bridgehead atoms. The number of rotatable bonds is 24. The van der Waals surface area contributed by atoms with Crippen LogP contribution in [0.25, 0.3) is 0 Å². The Bertz CT molecular complexity index is 947. The van der Waals surface area contributed by atoms with E-state index < -0.39 is 75.2 Å². The Balaban J connectivity index is 2.82. The van der Waals surface area contributed by atoms with Crippen molar-refractivity contribution in [1.82, 2.24) is 5.32 Å². The Hall–Kier alpha value is -1.48. The van der Waals surface area contributed by atoms with Crippen LogP contribution in [0, 0.1) is 0 Å². The summed E-state index contributed by atoms with van der Waals surface area (Å²) in [5.74, 6) is -0.646. The molecule has 0 aromatic heterocycles. The minimum absolute atomic E-state index is 0.245. The van der Waals surface area contributed by atoms with E-state index in [0.29, 0.717) is 6.42 Å². The number of carbonyl (C=O) groups excluding carboxylic acids is 1. The third-order valence-electron chi connectivity index (χ3n) is 7.70. The van der Waals surface area contributed by atoms with Crippen molar-refractivity contribution in [3.63, 3.8) is 0 Å². The SMILES string of the molecule is CCCCC/C=C/CC/C=C/C(O)C(COP(=O)(O)OC1C(O)C(O)C(O)C(O)C1O)NC(=O)CC(O)C/C=C\CCCCCC. The average Bonchev–Trinajstić information content (AvgIpc) is 3.01. The van der Waals surface area contributed by atoms with Gasteiger partial charge in [0.1, 0.15) is 36.6 Å². The van der Waals surface area contributed by atoms with Gasteiger partial charge in [0, 0.05) is 0 Å². The first-order valence-electron chi connectivity index (χ1n) is 16.5. The number of aliphatic hydroxyl groups excluding tert-OH is 7. The lowest BCUT2D eigenvalue weighted by Gasteiger charge is -2.41. The second kappa shape index (κ2) is 23.8. The predicted octanol–water partition coefficient (Wildman–Crippen LogP) is 2.29. The fourth-order valence-electron chi connectivity index (χ4n) is 4.84. The molecule has 8 unspecified atom stereocenters. The molecule has 0 aromatic rings. The number of hydrogen-bond donors (Lipinski definition) is 9. The van der Waals surface area contributed by atoms with Crippen LogP contribution in [0.5, 0.6) is 0 Å². The monoisotopic (exact) mass is 679 g/mol. The molecular weight excluding hydrogens is 621 g/mol. The van der Waals surface area contributed by atoms with Crippen LogP contribution in [-0.2, 0) is 18.4 Å². The van der Waals surface area contributed by atoms with Crippen molar-refractivity contribution in [2.45, 2.75) is 152 Å². The first-order valence-corrected chi connectivity index (χ1v) is 18.0. The van der Waals surface area contributed by atoms with E-state index in [-0.39, 0.29) is 12.8 Å². The van der Waals surface area contributed by atoms with E-state index >= 15 is 0 Å². The summed E-state index contributed by atoms with van der Waals surface area (Å²) < 4.78 is 22.5. The summed E-state index contributed by atoms with van der Waals surface area (Å²) in [7, 11) is -5.13. The molecule has 1 rings (SSSR count). The Morgan fingerprint density at radius 1 is 0.761 bits per heavy atom. The van der Waals surface area contributed by atoms with Gasteiger partial charge in [-0.25, -0.2) is 4.57 Å². The maximum Gasteiger partial charge on any atom is 0.472 e. The molecule has 268 valence electrons. The zero-order valence-electron chi connectivity index (χ0n) is 27.2. The maximum absolute atomic E-state index is 12.7. The lowest BCUT2D eigenvalue weighted by Crippen LogP contribution is -2.64. The van der Waals surface area contributed by atoms with Gasteiger partial charge in [-0.05, 0) is 44.9 Å². The van der Waals surface area contributed by atoms with Crippen LogP contribution in [0.4, 0.5) is 0 Å². The number of nitrogens with one attached hydrogen (secondary N) is 1. The van der Waals surface area contributed by atoms with Gasteiger partial charge in [0.15, 0.2) is 0 Å². The molecule has 1 aliphatic carbocycles. The number of amides is 1. The normalized spacial score (nSPS) is 27.3. The van der Waals surface area contributed by atoms with Crippen LogP contribution in [0.1, 0.15) is 97.3 Å².